The molecular formula is C22H27N3O3. The van der Waals surface area contributed by atoms with Crippen molar-refractivity contribution in [1.82, 2.24) is 14.8 Å². The third-order valence-corrected chi connectivity index (χ3v) is 5.19. The molecule has 3 rings (SSSR count). The standard InChI is InChI=1S/C22H27N3O3/c1-24(15-17-7-3-4-9-20(17)28-2)22(27)18-10-11-21(26)25(16-18)14-12-19-8-5-6-13-23-19/h3-9,13,18H,10-12,14-16H2,1-2H3/t18-/m1/s1. The summed E-state index contributed by atoms with van der Waals surface area (Å²) in [6.07, 6.45) is 3.48. The summed E-state index contributed by atoms with van der Waals surface area (Å²) in [5.74, 6) is 0.799. The Kier molecular flexibility index (Phi) is 6.63. The second-order valence-electron chi connectivity index (χ2n) is 7.15. The summed E-state index contributed by atoms with van der Waals surface area (Å²) in [6.45, 7) is 1.55. The van der Waals surface area contributed by atoms with Crippen LogP contribution in [0.25, 0.3) is 0 Å². The zero-order valence-electron chi connectivity index (χ0n) is 16.5. The topological polar surface area (TPSA) is 62.7 Å². The van der Waals surface area contributed by atoms with E-state index in [1.54, 1.807) is 23.1 Å². The number of piperidine rings is 1. The molecule has 0 bridgehead atoms. The third-order valence-electron chi connectivity index (χ3n) is 5.19. The number of nitrogens with zero attached hydrogens (tertiary/aromatic N) is 3. The van der Waals surface area contributed by atoms with Gasteiger partial charge < -0.3 is 14.5 Å². The lowest BCUT2D eigenvalue weighted by molar-refractivity contribution is -0.142. The van der Waals surface area contributed by atoms with Crippen LogP contribution in [0.15, 0.2) is 48.7 Å². The summed E-state index contributed by atoms with van der Waals surface area (Å²) in [5, 5.41) is 0. The van der Waals surface area contributed by atoms with Gasteiger partial charge in [-0.15, -0.1) is 0 Å². The average Bonchev–Trinajstić information content (AvgIpc) is 2.73. The van der Waals surface area contributed by atoms with Crippen molar-refractivity contribution < 1.29 is 14.3 Å². The van der Waals surface area contributed by atoms with Crippen LogP contribution in [0.3, 0.4) is 0 Å². The van der Waals surface area contributed by atoms with E-state index >= 15 is 0 Å². The van der Waals surface area contributed by atoms with Crippen LogP contribution in [0.4, 0.5) is 0 Å². The Balaban J connectivity index is 1.59. The summed E-state index contributed by atoms with van der Waals surface area (Å²) in [4.78, 5) is 33.1. The van der Waals surface area contributed by atoms with Crippen LogP contribution in [0.1, 0.15) is 24.1 Å². The number of carbonyl (C=O) groups excluding carboxylic acids is 2. The minimum absolute atomic E-state index is 0.0706. The number of pyridine rings is 1. The number of amides is 2. The fourth-order valence-corrected chi connectivity index (χ4v) is 3.61. The molecule has 0 aliphatic carbocycles. The second-order valence-corrected chi connectivity index (χ2v) is 7.15. The van der Waals surface area contributed by atoms with Gasteiger partial charge in [-0.25, -0.2) is 0 Å². The van der Waals surface area contributed by atoms with Gasteiger partial charge in [-0.3, -0.25) is 14.6 Å². The first kappa shape index (κ1) is 19.9. The van der Waals surface area contributed by atoms with E-state index in [0.717, 1.165) is 17.0 Å². The number of aromatic nitrogens is 1. The molecule has 2 aromatic rings. The maximum Gasteiger partial charge on any atom is 0.227 e. The van der Waals surface area contributed by atoms with E-state index in [1.165, 1.54) is 0 Å². The van der Waals surface area contributed by atoms with Crippen molar-refractivity contribution in [3.63, 3.8) is 0 Å². The Morgan fingerprint density at radius 1 is 1.25 bits per heavy atom. The lowest BCUT2D eigenvalue weighted by Crippen LogP contribution is -2.46. The van der Waals surface area contributed by atoms with Gasteiger partial charge in [-0.05, 0) is 24.6 Å². The van der Waals surface area contributed by atoms with Crippen LogP contribution >= 0.6 is 0 Å². The molecule has 1 aromatic carbocycles. The molecular weight excluding hydrogens is 354 g/mol. The molecule has 6 nitrogen and oxygen atoms in total. The normalized spacial score (nSPS) is 16.7. The molecule has 1 aliphatic rings. The van der Waals surface area contributed by atoms with E-state index in [0.29, 0.717) is 38.9 Å². The number of ether oxygens (including phenoxy) is 1. The van der Waals surface area contributed by atoms with Crippen molar-refractivity contribution in [2.45, 2.75) is 25.8 Å². The molecule has 148 valence electrons. The van der Waals surface area contributed by atoms with Crippen molar-refractivity contribution in [3.05, 3.63) is 59.9 Å². The van der Waals surface area contributed by atoms with Gasteiger partial charge in [-0.2, -0.15) is 0 Å². The number of likely N-dealkylation sites (tertiary alicyclic amines) is 1. The molecule has 1 saturated heterocycles. The van der Waals surface area contributed by atoms with E-state index in [4.69, 9.17) is 4.74 Å². The van der Waals surface area contributed by atoms with Crippen molar-refractivity contribution in [2.75, 3.05) is 27.2 Å². The first-order valence-electron chi connectivity index (χ1n) is 9.63. The Labute approximate surface area is 166 Å². The lowest BCUT2D eigenvalue weighted by Gasteiger charge is -2.34. The van der Waals surface area contributed by atoms with Gasteiger partial charge >= 0.3 is 0 Å². The summed E-state index contributed by atoms with van der Waals surface area (Å²) >= 11 is 0. The van der Waals surface area contributed by atoms with E-state index < -0.39 is 0 Å². The highest BCUT2D eigenvalue weighted by Gasteiger charge is 2.31. The Bertz CT molecular complexity index is 810. The molecule has 1 aromatic heterocycles. The van der Waals surface area contributed by atoms with Crippen LogP contribution in [0, 0.1) is 5.92 Å². The first-order chi connectivity index (χ1) is 13.6. The smallest absolute Gasteiger partial charge is 0.227 e. The molecule has 6 heteroatoms. The number of rotatable bonds is 7. The van der Waals surface area contributed by atoms with Gasteiger partial charge in [0, 0.05) is 57.0 Å². The largest absolute Gasteiger partial charge is 0.496 e. The van der Waals surface area contributed by atoms with Gasteiger partial charge in [0.15, 0.2) is 0 Å². The fraction of sp³-hybridized carbons (Fsp3) is 0.409. The van der Waals surface area contributed by atoms with Crippen molar-refractivity contribution in [2.24, 2.45) is 5.92 Å². The van der Waals surface area contributed by atoms with Crippen molar-refractivity contribution in [3.8, 4) is 5.75 Å². The predicted octanol–water partition coefficient (Wildman–Crippen LogP) is 2.53. The third kappa shape index (κ3) is 4.88. The Hall–Kier alpha value is -2.89. The molecule has 2 heterocycles. The molecule has 0 spiro atoms. The lowest BCUT2D eigenvalue weighted by atomic mass is 9.95. The number of benzene rings is 1. The van der Waals surface area contributed by atoms with E-state index in [2.05, 4.69) is 4.98 Å². The summed E-state index contributed by atoms with van der Waals surface area (Å²) in [7, 11) is 3.44. The number of methoxy groups -OCH3 is 1. The number of hydrogen-bond acceptors (Lipinski definition) is 4. The highest BCUT2D eigenvalue weighted by molar-refractivity contribution is 5.83. The zero-order valence-corrected chi connectivity index (χ0v) is 16.5. The Morgan fingerprint density at radius 3 is 2.79 bits per heavy atom. The van der Waals surface area contributed by atoms with Crippen LogP contribution in [-0.4, -0.2) is 53.8 Å². The van der Waals surface area contributed by atoms with Gasteiger partial charge in [0.05, 0.1) is 13.0 Å². The zero-order chi connectivity index (χ0) is 19.9. The molecule has 0 unspecified atom stereocenters. The molecule has 1 atom stereocenters. The van der Waals surface area contributed by atoms with Crippen LogP contribution in [0.2, 0.25) is 0 Å². The molecule has 28 heavy (non-hydrogen) atoms. The summed E-state index contributed by atoms with van der Waals surface area (Å²) in [5.41, 5.74) is 1.93. The van der Waals surface area contributed by atoms with Crippen molar-refractivity contribution >= 4 is 11.8 Å². The predicted molar refractivity (Wildman–Crippen MR) is 107 cm³/mol. The SMILES string of the molecule is COc1ccccc1CN(C)C(=O)[C@@H]1CCC(=O)N(CCc2ccccn2)C1. The molecule has 1 aliphatic heterocycles. The van der Waals surface area contributed by atoms with Gasteiger partial charge in [0.2, 0.25) is 11.8 Å². The number of hydrogen-bond donors (Lipinski definition) is 0. The number of carbonyl (C=O) groups is 2. The highest BCUT2D eigenvalue weighted by Crippen LogP contribution is 2.23. The van der Waals surface area contributed by atoms with Gasteiger partial charge in [-0.1, -0.05) is 24.3 Å². The molecule has 2 amide bonds. The molecule has 0 N–H and O–H groups in total. The van der Waals surface area contributed by atoms with E-state index in [9.17, 15) is 9.59 Å². The van der Waals surface area contributed by atoms with Crippen LogP contribution in [-0.2, 0) is 22.6 Å². The minimum atomic E-state index is -0.166. The minimum Gasteiger partial charge on any atom is -0.496 e. The maximum absolute atomic E-state index is 13.0. The van der Waals surface area contributed by atoms with E-state index in [-0.39, 0.29) is 17.7 Å². The molecule has 1 fully saturated rings. The second kappa shape index (κ2) is 9.35. The van der Waals surface area contributed by atoms with Crippen LogP contribution in [0.5, 0.6) is 5.75 Å². The Morgan fingerprint density at radius 2 is 2.04 bits per heavy atom. The maximum atomic E-state index is 13.0. The van der Waals surface area contributed by atoms with Gasteiger partial charge in [0.1, 0.15) is 5.75 Å². The van der Waals surface area contributed by atoms with E-state index in [1.807, 2.05) is 49.5 Å². The van der Waals surface area contributed by atoms with Gasteiger partial charge in [0.25, 0.3) is 0 Å². The first-order valence-corrected chi connectivity index (χ1v) is 9.63. The molecule has 0 saturated carbocycles. The van der Waals surface area contributed by atoms with Crippen LogP contribution < -0.4 is 4.74 Å². The molecule has 0 radical (unpaired) electrons. The number of para-hydroxylation sites is 1. The fourth-order valence-electron chi connectivity index (χ4n) is 3.61. The quantitative estimate of drug-likeness (QED) is 0.739. The summed E-state index contributed by atoms with van der Waals surface area (Å²) < 4.78 is 5.38. The summed E-state index contributed by atoms with van der Waals surface area (Å²) in [6, 6.07) is 13.5. The van der Waals surface area contributed by atoms with Crippen molar-refractivity contribution in [1.29, 1.82) is 0 Å². The average molecular weight is 381 g/mol. The monoisotopic (exact) mass is 381 g/mol. The highest BCUT2D eigenvalue weighted by atomic mass is 16.5.